The Morgan fingerprint density at radius 3 is 2.43 bits per heavy atom. The quantitative estimate of drug-likeness (QED) is 0.791. The van der Waals surface area contributed by atoms with Crippen molar-refractivity contribution in [3.8, 4) is 12.3 Å². The molecule has 0 aromatic heterocycles. The van der Waals surface area contributed by atoms with Gasteiger partial charge in [0.05, 0.1) is 12.7 Å². The summed E-state index contributed by atoms with van der Waals surface area (Å²) in [6, 6.07) is 0. The van der Waals surface area contributed by atoms with Crippen LogP contribution in [0.15, 0.2) is 0 Å². The molecule has 0 aromatic carbocycles. The molecular weight excluding hydrogens is 262 g/mol. The molecule has 0 amide bonds. The van der Waals surface area contributed by atoms with Gasteiger partial charge in [0.1, 0.15) is 5.60 Å². The highest BCUT2D eigenvalue weighted by atomic mass is 16.5. The third-order valence-corrected chi connectivity index (χ3v) is 4.89. The number of piperidine rings is 1. The molecule has 1 heterocycles. The molecule has 1 saturated heterocycles. The van der Waals surface area contributed by atoms with Gasteiger partial charge in [0.25, 0.3) is 0 Å². The number of rotatable bonds is 5. The molecule has 120 valence electrons. The van der Waals surface area contributed by atoms with E-state index in [9.17, 15) is 5.11 Å². The van der Waals surface area contributed by atoms with Gasteiger partial charge in [0, 0.05) is 19.6 Å². The van der Waals surface area contributed by atoms with Gasteiger partial charge < -0.3 is 14.7 Å². The number of likely N-dealkylation sites (tertiary alicyclic amines) is 1. The Morgan fingerprint density at radius 2 is 1.86 bits per heavy atom. The zero-order valence-corrected chi connectivity index (χ0v) is 13.7. The summed E-state index contributed by atoms with van der Waals surface area (Å²) in [6.45, 7) is 7.82. The lowest BCUT2D eigenvalue weighted by atomic mass is 9.85. The Bertz CT molecular complexity index is 347. The van der Waals surface area contributed by atoms with Crippen molar-refractivity contribution in [2.45, 2.75) is 64.1 Å². The second kappa shape index (κ2) is 7.63. The van der Waals surface area contributed by atoms with Crippen molar-refractivity contribution in [1.29, 1.82) is 0 Å². The van der Waals surface area contributed by atoms with Crippen LogP contribution in [-0.4, -0.2) is 48.0 Å². The van der Waals surface area contributed by atoms with E-state index in [0.717, 1.165) is 50.6 Å². The van der Waals surface area contributed by atoms with Gasteiger partial charge in [-0.05, 0) is 43.9 Å². The van der Waals surface area contributed by atoms with E-state index in [4.69, 9.17) is 11.2 Å². The molecule has 0 aromatic rings. The molecule has 2 rings (SSSR count). The van der Waals surface area contributed by atoms with Gasteiger partial charge in [-0.2, -0.15) is 0 Å². The Kier molecular flexibility index (Phi) is 6.10. The van der Waals surface area contributed by atoms with E-state index >= 15 is 0 Å². The van der Waals surface area contributed by atoms with E-state index in [-0.39, 0.29) is 0 Å². The Labute approximate surface area is 130 Å². The average molecular weight is 293 g/mol. The van der Waals surface area contributed by atoms with Gasteiger partial charge in [-0.25, -0.2) is 0 Å². The maximum Gasteiger partial charge on any atom is 0.128 e. The molecule has 3 heteroatoms. The summed E-state index contributed by atoms with van der Waals surface area (Å²) in [4.78, 5) is 2.37. The molecule has 0 bridgehead atoms. The minimum Gasteiger partial charge on any atom is -0.389 e. The number of nitrogens with zero attached hydrogens (tertiary/aromatic N) is 1. The van der Waals surface area contributed by atoms with Gasteiger partial charge in [-0.15, -0.1) is 6.42 Å². The van der Waals surface area contributed by atoms with E-state index in [1.165, 1.54) is 12.8 Å². The minimum atomic E-state index is -0.436. The predicted molar refractivity (Wildman–Crippen MR) is 86.0 cm³/mol. The summed E-state index contributed by atoms with van der Waals surface area (Å²) < 4.78 is 5.96. The highest BCUT2D eigenvalue weighted by Gasteiger charge is 2.32. The topological polar surface area (TPSA) is 32.7 Å². The monoisotopic (exact) mass is 293 g/mol. The molecule has 3 nitrogen and oxygen atoms in total. The van der Waals surface area contributed by atoms with Gasteiger partial charge >= 0.3 is 0 Å². The van der Waals surface area contributed by atoms with E-state index < -0.39 is 11.7 Å². The second-order valence-electron chi connectivity index (χ2n) is 7.33. The van der Waals surface area contributed by atoms with Crippen LogP contribution in [0, 0.1) is 24.2 Å². The summed E-state index contributed by atoms with van der Waals surface area (Å²) in [6.07, 6.45) is 11.9. The molecular formula is C18H31NO2. The maximum atomic E-state index is 10.3. The van der Waals surface area contributed by atoms with E-state index in [2.05, 4.69) is 24.7 Å². The van der Waals surface area contributed by atoms with E-state index in [0.29, 0.717) is 13.2 Å². The van der Waals surface area contributed by atoms with Crippen LogP contribution in [0.1, 0.15) is 52.4 Å². The smallest absolute Gasteiger partial charge is 0.128 e. The number of terminal acetylenes is 1. The standard InChI is InChI=1S/C18H31NO2/c1-4-18(8-6-5-7-9-18)21-14-17(20)13-19-11-15(2)10-16(3)12-19/h1,15-17,20H,5-14H2,2-3H3/t15-,16-,17-/m0/s1. The molecule has 1 aliphatic carbocycles. The number of aliphatic hydroxyl groups excluding tert-OH is 1. The fraction of sp³-hybridized carbons (Fsp3) is 0.889. The van der Waals surface area contributed by atoms with Crippen molar-refractivity contribution in [1.82, 2.24) is 4.90 Å². The Morgan fingerprint density at radius 1 is 1.24 bits per heavy atom. The first-order valence-corrected chi connectivity index (χ1v) is 8.55. The number of hydrogen-bond acceptors (Lipinski definition) is 3. The summed E-state index contributed by atoms with van der Waals surface area (Å²) >= 11 is 0. The molecule has 2 aliphatic rings. The van der Waals surface area contributed by atoms with Crippen molar-refractivity contribution in [3.63, 3.8) is 0 Å². The zero-order valence-electron chi connectivity index (χ0n) is 13.7. The molecule has 21 heavy (non-hydrogen) atoms. The largest absolute Gasteiger partial charge is 0.389 e. The van der Waals surface area contributed by atoms with Gasteiger partial charge in [-0.1, -0.05) is 26.2 Å². The molecule has 0 unspecified atom stereocenters. The second-order valence-corrected chi connectivity index (χ2v) is 7.33. The highest BCUT2D eigenvalue weighted by molar-refractivity contribution is 5.09. The van der Waals surface area contributed by atoms with Crippen LogP contribution in [0.5, 0.6) is 0 Å². The van der Waals surface area contributed by atoms with E-state index in [1.54, 1.807) is 0 Å². The molecule has 0 spiro atoms. The van der Waals surface area contributed by atoms with Crippen LogP contribution >= 0.6 is 0 Å². The third-order valence-electron chi connectivity index (χ3n) is 4.89. The first-order valence-electron chi connectivity index (χ1n) is 8.55. The predicted octanol–water partition coefficient (Wildman–Crippen LogP) is 2.68. The molecule has 3 atom stereocenters. The molecule has 0 radical (unpaired) electrons. The van der Waals surface area contributed by atoms with Crippen LogP contribution in [0.2, 0.25) is 0 Å². The van der Waals surface area contributed by atoms with Crippen molar-refractivity contribution < 1.29 is 9.84 Å². The number of hydrogen-bond donors (Lipinski definition) is 1. The summed E-state index contributed by atoms with van der Waals surface area (Å²) in [5.41, 5.74) is -0.415. The fourth-order valence-electron chi connectivity index (χ4n) is 4.00. The Hall–Kier alpha value is -0.560. The minimum absolute atomic E-state index is 0.365. The Balaban J connectivity index is 1.76. The fourth-order valence-corrected chi connectivity index (χ4v) is 4.00. The van der Waals surface area contributed by atoms with Crippen molar-refractivity contribution >= 4 is 0 Å². The van der Waals surface area contributed by atoms with Crippen molar-refractivity contribution in [2.24, 2.45) is 11.8 Å². The maximum absolute atomic E-state index is 10.3. The van der Waals surface area contributed by atoms with E-state index in [1.807, 2.05) is 0 Å². The van der Waals surface area contributed by atoms with Gasteiger partial charge in [-0.3, -0.25) is 0 Å². The first-order chi connectivity index (χ1) is 10.0. The van der Waals surface area contributed by atoms with Crippen LogP contribution in [0.4, 0.5) is 0 Å². The van der Waals surface area contributed by atoms with Crippen molar-refractivity contribution in [2.75, 3.05) is 26.2 Å². The lowest BCUT2D eigenvalue weighted by Gasteiger charge is -2.37. The van der Waals surface area contributed by atoms with Crippen molar-refractivity contribution in [3.05, 3.63) is 0 Å². The van der Waals surface area contributed by atoms with Gasteiger partial charge in [0.15, 0.2) is 0 Å². The van der Waals surface area contributed by atoms with Gasteiger partial charge in [0.2, 0.25) is 0 Å². The van der Waals surface area contributed by atoms with Crippen LogP contribution in [0.3, 0.4) is 0 Å². The third kappa shape index (κ3) is 4.98. The summed E-state index contributed by atoms with van der Waals surface area (Å²) in [5, 5.41) is 10.3. The van der Waals surface area contributed by atoms with Crippen LogP contribution < -0.4 is 0 Å². The van der Waals surface area contributed by atoms with Crippen LogP contribution in [-0.2, 0) is 4.74 Å². The van der Waals surface area contributed by atoms with Crippen LogP contribution in [0.25, 0.3) is 0 Å². The zero-order chi connectivity index (χ0) is 15.3. The number of aliphatic hydroxyl groups is 1. The first kappa shape index (κ1) is 16.8. The lowest BCUT2D eigenvalue weighted by Crippen LogP contribution is -2.45. The molecule has 1 aliphatic heterocycles. The highest BCUT2D eigenvalue weighted by Crippen LogP contribution is 2.31. The SMILES string of the molecule is C#CC1(OC[C@@H](O)CN2C[C@@H](C)C[C@H](C)C2)CCCCC1. The summed E-state index contributed by atoms with van der Waals surface area (Å²) in [7, 11) is 0. The molecule has 1 saturated carbocycles. The normalized spacial score (nSPS) is 31.5. The molecule has 1 N–H and O–H groups in total. The number of ether oxygens (including phenoxy) is 1. The lowest BCUT2D eigenvalue weighted by molar-refractivity contribution is -0.0723. The summed E-state index contributed by atoms with van der Waals surface area (Å²) in [5.74, 6) is 4.28. The molecule has 2 fully saturated rings. The average Bonchev–Trinajstić information content (AvgIpc) is 2.45. The number of β-amino-alcohol motifs (C(OH)–C–C–N with tert-alkyl or cyclic N) is 1.